The molecule has 0 amide bonds. The molecule has 11 rings (SSSR count). The molecule has 0 aliphatic rings. The van der Waals surface area contributed by atoms with Crippen LogP contribution in [0.15, 0.2) is 212 Å². The molecule has 0 radical (unpaired) electrons. The van der Waals surface area contributed by atoms with E-state index in [0.717, 1.165) is 22.6 Å². The number of rotatable bonds is 6. The Bertz CT molecular complexity index is 3210. The number of hydrogen-bond donors (Lipinski definition) is 1. The van der Waals surface area contributed by atoms with Crippen LogP contribution in [-0.2, 0) is 0 Å². The molecule has 0 atom stereocenters. The summed E-state index contributed by atoms with van der Waals surface area (Å²) in [6.07, 6.45) is 0. The SMILES string of the molecule is c1ccc(-c2c3ccccc3c(-c3ccc(Nc4ccccc4-c4ccc5c(c4)c4ccccc4n5-c4ccccc4)c4ccccc34)c3ccccc23)cc1. The van der Waals surface area contributed by atoms with Crippen molar-refractivity contribution in [1.29, 1.82) is 0 Å². The van der Waals surface area contributed by atoms with Gasteiger partial charge in [-0.25, -0.2) is 0 Å². The van der Waals surface area contributed by atoms with Crippen LogP contribution < -0.4 is 5.32 Å². The average Bonchev–Trinajstić information content (AvgIpc) is 3.60. The summed E-state index contributed by atoms with van der Waals surface area (Å²) in [5.41, 5.74) is 13.1. The molecule has 0 saturated carbocycles. The van der Waals surface area contributed by atoms with Crippen molar-refractivity contribution in [2.45, 2.75) is 0 Å². The van der Waals surface area contributed by atoms with Crippen molar-refractivity contribution in [3.05, 3.63) is 212 Å². The topological polar surface area (TPSA) is 17.0 Å². The van der Waals surface area contributed by atoms with Gasteiger partial charge in [0.25, 0.3) is 0 Å². The van der Waals surface area contributed by atoms with Gasteiger partial charge in [-0.15, -0.1) is 0 Å². The van der Waals surface area contributed by atoms with E-state index in [1.54, 1.807) is 0 Å². The summed E-state index contributed by atoms with van der Waals surface area (Å²) in [6.45, 7) is 0. The summed E-state index contributed by atoms with van der Waals surface area (Å²) in [7, 11) is 0. The van der Waals surface area contributed by atoms with Crippen molar-refractivity contribution >= 4 is 65.5 Å². The van der Waals surface area contributed by atoms with Gasteiger partial charge in [-0.05, 0) is 97.2 Å². The van der Waals surface area contributed by atoms with Crippen molar-refractivity contribution in [2.75, 3.05) is 5.32 Å². The Hall–Kier alpha value is -7.42. The van der Waals surface area contributed by atoms with Gasteiger partial charge in [0, 0.05) is 38.8 Å². The number of hydrogen-bond acceptors (Lipinski definition) is 1. The second kappa shape index (κ2) is 13.2. The van der Waals surface area contributed by atoms with Gasteiger partial charge in [-0.2, -0.15) is 0 Å². The van der Waals surface area contributed by atoms with Crippen molar-refractivity contribution in [3.63, 3.8) is 0 Å². The number of fused-ring (bicyclic) bond motifs is 6. The van der Waals surface area contributed by atoms with Crippen LogP contribution >= 0.6 is 0 Å². The number of nitrogens with zero attached hydrogens (tertiary/aromatic N) is 1. The first kappa shape index (κ1) is 32.0. The summed E-state index contributed by atoms with van der Waals surface area (Å²) in [5, 5.41) is 13.8. The molecule has 2 heteroatoms. The van der Waals surface area contributed by atoms with Crippen LogP contribution in [0.4, 0.5) is 11.4 Å². The Kier molecular flexibility index (Phi) is 7.53. The predicted octanol–water partition coefficient (Wildman–Crippen LogP) is 15.0. The van der Waals surface area contributed by atoms with Crippen LogP contribution in [0.1, 0.15) is 0 Å². The molecule has 0 spiro atoms. The molecular formula is C54H36N2. The number of para-hydroxylation sites is 3. The molecule has 0 bridgehead atoms. The van der Waals surface area contributed by atoms with E-state index in [0.29, 0.717) is 0 Å². The van der Waals surface area contributed by atoms with Crippen molar-refractivity contribution in [2.24, 2.45) is 0 Å². The molecule has 0 unspecified atom stereocenters. The lowest BCUT2D eigenvalue weighted by atomic mass is 9.84. The molecule has 2 nitrogen and oxygen atoms in total. The molecule has 1 N–H and O–H groups in total. The van der Waals surface area contributed by atoms with E-state index in [4.69, 9.17) is 0 Å². The van der Waals surface area contributed by atoms with E-state index in [2.05, 4.69) is 222 Å². The lowest BCUT2D eigenvalue weighted by Crippen LogP contribution is -1.96. The van der Waals surface area contributed by atoms with Crippen LogP contribution in [-0.4, -0.2) is 4.57 Å². The summed E-state index contributed by atoms with van der Waals surface area (Å²) < 4.78 is 2.37. The van der Waals surface area contributed by atoms with Crippen LogP contribution in [0.25, 0.3) is 93.2 Å². The van der Waals surface area contributed by atoms with Gasteiger partial charge in [-0.3, -0.25) is 0 Å². The maximum atomic E-state index is 3.91. The van der Waals surface area contributed by atoms with E-state index in [1.807, 2.05) is 0 Å². The summed E-state index contributed by atoms with van der Waals surface area (Å²) in [6, 6.07) is 76.9. The Morgan fingerprint density at radius 2 is 0.821 bits per heavy atom. The fraction of sp³-hybridized carbons (Fsp3) is 0. The molecule has 0 saturated heterocycles. The van der Waals surface area contributed by atoms with Gasteiger partial charge in [0.05, 0.1) is 11.0 Å². The first-order valence-corrected chi connectivity index (χ1v) is 19.3. The van der Waals surface area contributed by atoms with E-state index in [9.17, 15) is 0 Å². The minimum absolute atomic E-state index is 1.07. The van der Waals surface area contributed by atoms with Crippen LogP contribution in [0, 0.1) is 0 Å². The molecule has 262 valence electrons. The molecule has 10 aromatic carbocycles. The Morgan fingerprint density at radius 1 is 0.286 bits per heavy atom. The molecule has 0 fully saturated rings. The first-order valence-electron chi connectivity index (χ1n) is 19.3. The molecule has 0 aliphatic carbocycles. The smallest absolute Gasteiger partial charge is 0.0541 e. The maximum absolute atomic E-state index is 3.91. The largest absolute Gasteiger partial charge is 0.355 e. The minimum Gasteiger partial charge on any atom is -0.355 e. The van der Waals surface area contributed by atoms with Crippen molar-refractivity contribution in [3.8, 4) is 39.1 Å². The van der Waals surface area contributed by atoms with Gasteiger partial charge in [-0.1, -0.05) is 170 Å². The zero-order chi connectivity index (χ0) is 37.0. The average molecular weight is 713 g/mol. The van der Waals surface area contributed by atoms with Gasteiger partial charge >= 0.3 is 0 Å². The summed E-state index contributed by atoms with van der Waals surface area (Å²) in [4.78, 5) is 0. The van der Waals surface area contributed by atoms with Gasteiger partial charge in [0.1, 0.15) is 0 Å². The van der Waals surface area contributed by atoms with Crippen molar-refractivity contribution < 1.29 is 0 Å². The van der Waals surface area contributed by atoms with Gasteiger partial charge in [0.15, 0.2) is 0 Å². The van der Waals surface area contributed by atoms with Gasteiger partial charge < -0.3 is 9.88 Å². The highest BCUT2D eigenvalue weighted by atomic mass is 15.0. The van der Waals surface area contributed by atoms with E-state index < -0.39 is 0 Å². The Balaban J connectivity index is 1.06. The number of benzene rings is 10. The number of nitrogens with one attached hydrogen (secondary N) is 1. The minimum atomic E-state index is 1.07. The maximum Gasteiger partial charge on any atom is 0.0541 e. The molecule has 1 heterocycles. The highest BCUT2D eigenvalue weighted by molar-refractivity contribution is 6.24. The lowest BCUT2D eigenvalue weighted by Gasteiger charge is -2.20. The fourth-order valence-corrected chi connectivity index (χ4v) is 8.95. The quantitative estimate of drug-likeness (QED) is 0.170. The lowest BCUT2D eigenvalue weighted by molar-refractivity contribution is 1.18. The molecule has 56 heavy (non-hydrogen) atoms. The third kappa shape index (κ3) is 5.11. The Labute approximate surface area is 325 Å². The Morgan fingerprint density at radius 3 is 1.54 bits per heavy atom. The third-order valence-electron chi connectivity index (χ3n) is 11.4. The number of aromatic nitrogens is 1. The zero-order valence-corrected chi connectivity index (χ0v) is 30.7. The van der Waals surface area contributed by atoms with Crippen molar-refractivity contribution in [1.82, 2.24) is 4.57 Å². The molecule has 1 aromatic heterocycles. The molecule has 11 aromatic rings. The third-order valence-corrected chi connectivity index (χ3v) is 11.4. The standard InChI is InChI=1S/C54H36N2/c1-3-17-36(18-4-1)53-43-25-9-11-27-45(43)54(46-28-12-10-26-44(46)53)47-32-33-50(41-23-8-7-22-40(41)47)55-49-29-15-13-21-39(49)37-31-34-52-48(35-37)42-24-14-16-30-51(42)56(52)38-19-5-2-6-20-38/h1-35,55H. The van der Waals surface area contributed by atoms with Crippen LogP contribution in [0.5, 0.6) is 0 Å². The molecule has 0 aliphatic heterocycles. The van der Waals surface area contributed by atoms with E-state index in [1.165, 1.54) is 81.9 Å². The highest BCUT2D eigenvalue weighted by Gasteiger charge is 2.19. The highest BCUT2D eigenvalue weighted by Crippen LogP contribution is 2.46. The van der Waals surface area contributed by atoms with Gasteiger partial charge in [0.2, 0.25) is 0 Å². The van der Waals surface area contributed by atoms with Crippen LogP contribution in [0.3, 0.4) is 0 Å². The normalized spacial score (nSPS) is 11.6. The first-order chi connectivity index (χ1) is 27.8. The predicted molar refractivity (Wildman–Crippen MR) is 239 cm³/mol. The number of anilines is 2. The van der Waals surface area contributed by atoms with E-state index >= 15 is 0 Å². The molecular weight excluding hydrogens is 677 g/mol. The summed E-state index contributed by atoms with van der Waals surface area (Å²) >= 11 is 0. The zero-order valence-electron chi connectivity index (χ0n) is 30.7. The van der Waals surface area contributed by atoms with Crippen LogP contribution in [0.2, 0.25) is 0 Å². The monoisotopic (exact) mass is 712 g/mol. The summed E-state index contributed by atoms with van der Waals surface area (Å²) in [5.74, 6) is 0. The van der Waals surface area contributed by atoms with E-state index in [-0.39, 0.29) is 0 Å². The fourth-order valence-electron chi connectivity index (χ4n) is 8.95. The second-order valence-corrected chi connectivity index (χ2v) is 14.5. The second-order valence-electron chi connectivity index (χ2n) is 14.5.